The molecular formula is C15H26N2O4. The summed E-state index contributed by atoms with van der Waals surface area (Å²) in [5, 5.41) is 18.6. The van der Waals surface area contributed by atoms with Gasteiger partial charge in [-0.05, 0) is 11.8 Å². The van der Waals surface area contributed by atoms with Crippen LogP contribution in [0.5, 0.6) is 0 Å². The minimum Gasteiger partial charge on any atom is -0.478 e. The Kier molecular flexibility index (Phi) is 4.88. The molecule has 21 heavy (non-hydrogen) atoms. The van der Waals surface area contributed by atoms with Gasteiger partial charge in [0.25, 0.3) is 0 Å². The van der Waals surface area contributed by atoms with Crippen LogP contribution in [0.2, 0.25) is 0 Å². The Hall–Kier alpha value is -1.14. The number of hydrogen-bond donors (Lipinski definition) is 2. The summed E-state index contributed by atoms with van der Waals surface area (Å²) in [6, 6.07) is -0.431. The van der Waals surface area contributed by atoms with Crippen LogP contribution in [-0.4, -0.2) is 60.5 Å². The molecule has 2 atom stereocenters. The lowest BCUT2D eigenvalue weighted by atomic mass is 9.68. The van der Waals surface area contributed by atoms with Crippen molar-refractivity contribution in [2.45, 2.75) is 39.8 Å². The van der Waals surface area contributed by atoms with Crippen LogP contribution in [0, 0.1) is 17.3 Å². The molecule has 120 valence electrons. The van der Waals surface area contributed by atoms with Crippen LogP contribution < -0.4 is 0 Å². The summed E-state index contributed by atoms with van der Waals surface area (Å²) < 4.78 is 11.6. The number of aliphatic hydroxyl groups is 2. The van der Waals surface area contributed by atoms with Gasteiger partial charge in [0, 0.05) is 0 Å². The van der Waals surface area contributed by atoms with Crippen molar-refractivity contribution in [3.63, 3.8) is 0 Å². The monoisotopic (exact) mass is 298 g/mol. The average Bonchev–Trinajstić information content (AvgIpc) is 3.08. The van der Waals surface area contributed by atoms with E-state index in [1.807, 2.05) is 0 Å². The molecule has 2 unspecified atom stereocenters. The molecule has 0 fully saturated rings. The SMILES string of the molecule is CC(C)C(C1=NC(CO)CO1)(C1=NC(CO)CO1)C(C)C. The molecule has 0 aliphatic carbocycles. The van der Waals surface area contributed by atoms with Crippen LogP contribution in [0.3, 0.4) is 0 Å². The van der Waals surface area contributed by atoms with Crippen molar-refractivity contribution in [2.75, 3.05) is 26.4 Å². The van der Waals surface area contributed by atoms with Gasteiger partial charge in [-0.3, -0.25) is 0 Å². The van der Waals surface area contributed by atoms with Crippen molar-refractivity contribution < 1.29 is 19.7 Å². The summed E-state index contributed by atoms with van der Waals surface area (Å²) in [4.78, 5) is 9.08. The lowest BCUT2D eigenvalue weighted by molar-refractivity contribution is 0.171. The summed E-state index contributed by atoms with van der Waals surface area (Å²) in [6.07, 6.45) is 0. The maximum atomic E-state index is 9.29. The Balaban J connectivity index is 2.45. The highest BCUT2D eigenvalue weighted by Gasteiger charge is 2.53. The zero-order valence-electron chi connectivity index (χ0n) is 13.2. The molecule has 6 heteroatoms. The molecular weight excluding hydrogens is 272 g/mol. The first-order valence-corrected chi connectivity index (χ1v) is 7.60. The van der Waals surface area contributed by atoms with E-state index in [0.717, 1.165) is 0 Å². The second-order valence-electron chi connectivity index (χ2n) is 6.34. The zero-order chi connectivity index (χ0) is 15.6. The molecule has 0 amide bonds. The maximum Gasteiger partial charge on any atom is 0.200 e. The van der Waals surface area contributed by atoms with Crippen molar-refractivity contribution >= 4 is 11.8 Å². The molecule has 0 aromatic carbocycles. The van der Waals surface area contributed by atoms with Crippen molar-refractivity contribution in [2.24, 2.45) is 27.2 Å². The fourth-order valence-electron chi connectivity index (χ4n) is 3.22. The number of aliphatic imine (C=N–C) groups is 2. The van der Waals surface area contributed by atoms with Crippen molar-refractivity contribution in [1.82, 2.24) is 0 Å². The summed E-state index contributed by atoms with van der Waals surface area (Å²) in [7, 11) is 0. The molecule has 2 N–H and O–H groups in total. The van der Waals surface area contributed by atoms with Gasteiger partial charge in [0.2, 0.25) is 0 Å². The van der Waals surface area contributed by atoms with Crippen molar-refractivity contribution in [3.05, 3.63) is 0 Å². The highest BCUT2D eigenvalue weighted by Crippen LogP contribution is 2.43. The highest BCUT2D eigenvalue weighted by atomic mass is 16.5. The van der Waals surface area contributed by atoms with Gasteiger partial charge in [0.1, 0.15) is 30.7 Å². The van der Waals surface area contributed by atoms with Gasteiger partial charge >= 0.3 is 0 Å². The van der Waals surface area contributed by atoms with Crippen LogP contribution in [0.1, 0.15) is 27.7 Å². The Morgan fingerprint density at radius 2 is 1.33 bits per heavy atom. The van der Waals surface area contributed by atoms with Crippen LogP contribution in [0.15, 0.2) is 9.98 Å². The third-order valence-electron chi connectivity index (χ3n) is 4.38. The Labute approximate surface area is 125 Å². The van der Waals surface area contributed by atoms with Gasteiger partial charge in [-0.2, -0.15) is 0 Å². The van der Waals surface area contributed by atoms with Crippen LogP contribution >= 0.6 is 0 Å². The second kappa shape index (κ2) is 6.32. The molecule has 2 aliphatic heterocycles. The number of nitrogens with zero attached hydrogens (tertiary/aromatic N) is 2. The molecule has 0 aromatic rings. The third-order valence-corrected chi connectivity index (χ3v) is 4.38. The summed E-state index contributed by atoms with van der Waals surface area (Å²) in [5.41, 5.74) is -0.548. The number of rotatable bonds is 6. The molecule has 0 saturated carbocycles. The average molecular weight is 298 g/mol. The fraction of sp³-hybridized carbons (Fsp3) is 0.867. The smallest absolute Gasteiger partial charge is 0.200 e. The van der Waals surface area contributed by atoms with E-state index in [1.165, 1.54) is 0 Å². The Morgan fingerprint density at radius 3 is 1.57 bits per heavy atom. The highest BCUT2D eigenvalue weighted by molar-refractivity contribution is 6.06. The van der Waals surface area contributed by atoms with E-state index in [9.17, 15) is 10.2 Å². The van der Waals surface area contributed by atoms with E-state index >= 15 is 0 Å². The molecule has 6 nitrogen and oxygen atoms in total. The predicted molar refractivity (Wildman–Crippen MR) is 80.6 cm³/mol. The summed E-state index contributed by atoms with van der Waals surface area (Å²) >= 11 is 0. The molecule has 0 radical (unpaired) electrons. The molecule has 2 rings (SSSR count). The van der Waals surface area contributed by atoms with E-state index < -0.39 is 5.41 Å². The molecule has 0 saturated heterocycles. The van der Waals surface area contributed by atoms with Gasteiger partial charge < -0.3 is 19.7 Å². The van der Waals surface area contributed by atoms with Crippen molar-refractivity contribution in [1.29, 1.82) is 0 Å². The lowest BCUT2D eigenvalue weighted by Crippen LogP contribution is -2.48. The maximum absolute atomic E-state index is 9.29. The van der Waals surface area contributed by atoms with Gasteiger partial charge in [0.15, 0.2) is 11.8 Å². The minimum absolute atomic E-state index is 0.0254. The Bertz CT molecular complexity index is 391. The first-order chi connectivity index (χ1) is 9.96. The van der Waals surface area contributed by atoms with Gasteiger partial charge in [0.05, 0.1) is 13.2 Å². The molecule has 0 spiro atoms. The second-order valence-corrected chi connectivity index (χ2v) is 6.34. The molecule has 2 aliphatic rings. The quantitative estimate of drug-likeness (QED) is 0.762. The fourth-order valence-corrected chi connectivity index (χ4v) is 3.22. The van der Waals surface area contributed by atoms with Gasteiger partial charge in [-0.15, -0.1) is 0 Å². The number of aliphatic hydroxyl groups excluding tert-OH is 2. The van der Waals surface area contributed by atoms with E-state index in [-0.39, 0.29) is 37.1 Å². The van der Waals surface area contributed by atoms with E-state index in [1.54, 1.807) is 0 Å². The first kappa shape index (κ1) is 16.2. The van der Waals surface area contributed by atoms with Crippen LogP contribution in [0.4, 0.5) is 0 Å². The normalized spacial score (nSPS) is 25.9. The zero-order valence-corrected chi connectivity index (χ0v) is 13.2. The number of ether oxygens (including phenoxy) is 2. The standard InChI is InChI=1S/C15H26N2O4/c1-9(2)15(10(3)4,13-16-11(5-18)7-20-13)14-17-12(6-19)8-21-14/h9-12,18-19H,5-8H2,1-4H3. The molecule has 0 bridgehead atoms. The van der Waals surface area contributed by atoms with Crippen LogP contribution in [0.25, 0.3) is 0 Å². The van der Waals surface area contributed by atoms with E-state index in [0.29, 0.717) is 25.0 Å². The van der Waals surface area contributed by atoms with Crippen LogP contribution in [-0.2, 0) is 9.47 Å². The number of hydrogen-bond acceptors (Lipinski definition) is 6. The lowest BCUT2D eigenvalue weighted by Gasteiger charge is -2.39. The third kappa shape index (κ3) is 2.66. The summed E-state index contributed by atoms with van der Waals surface area (Å²) in [6.45, 7) is 9.11. The minimum atomic E-state index is -0.548. The Morgan fingerprint density at radius 1 is 0.952 bits per heavy atom. The largest absolute Gasteiger partial charge is 0.478 e. The molecule has 2 heterocycles. The van der Waals surface area contributed by atoms with E-state index in [2.05, 4.69) is 37.7 Å². The van der Waals surface area contributed by atoms with Crippen molar-refractivity contribution in [3.8, 4) is 0 Å². The predicted octanol–water partition coefficient (Wildman–Crippen LogP) is 0.864. The topological polar surface area (TPSA) is 83.6 Å². The summed E-state index contributed by atoms with van der Waals surface area (Å²) in [5.74, 6) is 1.54. The van der Waals surface area contributed by atoms with E-state index in [4.69, 9.17) is 9.47 Å². The van der Waals surface area contributed by atoms with Gasteiger partial charge in [-0.25, -0.2) is 9.98 Å². The molecule has 0 aromatic heterocycles. The first-order valence-electron chi connectivity index (χ1n) is 7.60. The van der Waals surface area contributed by atoms with Gasteiger partial charge in [-0.1, -0.05) is 27.7 Å².